The van der Waals surface area contributed by atoms with Crippen molar-refractivity contribution >= 4 is 11.6 Å². The Labute approximate surface area is 125 Å². The van der Waals surface area contributed by atoms with Gasteiger partial charge in [0.2, 0.25) is 0 Å². The van der Waals surface area contributed by atoms with Crippen LogP contribution in [0.2, 0.25) is 0 Å². The van der Waals surface area contributed by atoms with Crippen molar-refractivity contribution in [3.05, 3.63) is 41.0 Å². The number of nitrogens with one attached hydrogen (secondary N) is 2. The van der Waals surface area contributed by atoms with E-state index in [9.17, 15) is 4.79 Å². The van der Waals surface area contributed by atoms with E-state index in [2.05, 4.69) is 10.6 Å². The highest BCUT2D eigenvalue weighted by atomic mass is 16.5. The molecule has 21 heavy (non-hydrogen) atoms. The second-order valence-corrected chi connectivity index (χ2v) is 5.03. The molecule has 1 fully saturated rings. The Hall–Kier alpha value is -1.69. The number of hydrogen-bond acceptors (Lipinski definition) is 4. The lowest BCUT2D eigenvalue weighted by Crippen LogP contribution is -2.36. The Morgan fingerprint density at radius 3 is 2.81 bits per heavy atom. The molecule has 0 unspecified atom stereocenters. The van der Waals surface area contributed by atoms with Gasteiger partial charge in [-0.15, -0.1) is 0 Å². The molecule has 1 heterocycles. The number of carbonyl (C=O) groups excluding carboxylic acids is 1. The third-order valence-corrected chi connectivity index (χ3v) is 3.43. The highest BCUT2D eigenvalue weighted by molar-refractivity contribution is 6.04. The van der Waals surface area contributed by atoms with E-state index in [4.69, 9.17) is 9.47 Å². The molecule has 1 aliphatic heterocycles. The summed E-state index contributed by atoms with van der Waals surface area (Å²) < 4.78 is 10.4. The van der Waals surface area contributed by atoms with Crippen LogP contribution >= 0.6 is 0 Å². The summed E-state index contributed by atoms with van der Waals surface area (Å²) >= 11 is 0. The van der Waals surface area contributed by atoms with E-state index < -0.39 is 0 Å². The lowest BCUT2D eigenvalue weighted by Gasteiger charge is -2.21. The number of hydrogen-bond donors (Lipinski definition) is 2. The van der Waals surface area contributed by atoms with Crippen LogP contribution in [0.3, 0.4) is 0 Å². The predicted octanol–water partition coefficient (Wildman–Crippen LogP) is 1.71. The first-order valence-electron chi connectivity index (χ1n) is 7.07. The summed E-state index contributed by atoms with van der Waals surface area (Å²) in [6, 6.07) is 7.71. The highest BCUT2D eigenvalue weighted by Crippen LogP contribution is 2.15. The summed E-state index contributed by atoms with van der Waals surface area (Å²) in [5.41, 5.74) is 3.79. The fourth-order valence-corrected chi connectivity index (χ4v) is 1.97. The minimum Gasteiger partial charge on any atom is -0.382 e. The molecule has 1 aromatic rings. The fourth-order valence-electron chi connectivity index (χ4n) is 1.97. The van der Waals surface area contributed by atoms with Crippen LogP contribution < -0.4 is 10.6 Å². The average molecular weight is 290 g/mol. The SMILES string of the molecule is COCCOCc1cccc(NC(=O)C(C)=C2CNC2)c1. The molecule has 1 saturated heterocycles. The van der Waals surface area contributed by atoms with Crippen molar-refractivity contribution in [3.8, 4) is 0 Å². The quantitative estimate of drug-likeness (QED) is 0.593. The minimum atomic E-state index is -0.0380. The molecule has 0 aromatic heterocycles. The van der Waals surface area contributed by atoms with Gasteiger partial charge in [0, 0.05) is 31.5 Å². The molecule has 0 aliphatic carbocycles. The molecule has 5 heteroatoms. The van der Waals surface area contributed by atoms with E-state index in [-0.39, 0.29) is 5.91 Å². The molecule has 114 valence electrons. The van der Waals surface area contributed by atoms with Crippen LogP contribution in [0.4, 0.5) is 5.69 Å². The number of carbonyl (C=O) groups is 1. The Kier molecular flexibility index (Phi) is 5.92. The summed E-state index contributed by atoms with van der Waals surface area (Å²) in [6.45, 7) is 5.14. The zero-order valence-corrected chi connectivity index (χ0v) is 12.6. The Morgan fingerprint density at radius 2 is 2.14 bits per heavy atom. The van der Waals surface area contributed by atoms with Crippen LogP contribution in [0.15, 0.2) is 35.4 Å². The molecule has 0 radical (unpaired) electrons. The Balaban J connectivity index is 1.90. The van der Waals surface area contributed by atoms with Gasteiger partial charge in [0.05, 0.1) is 19.8 Å². The van der Waals surface area contributed by atoms with E-state index in [1.807, 2.05) is 31.2 Å². The predicted molar refractivity (Wildman–Crippen MR) is 82.2 cm³/mol. The van der Waals surface area contributed by atoms with Crippen LogP contribution in [0.1, 0.15) is 12.5 Å². The molecule has 1 aromatic carbocycles. The molecule has 5 nitrogen and oxygen atoms in total. The molecule has 1 amide bonds. The van der Waals surface area contributed by atoms with Crippen LogP contribution in [0, 0.1) is 0 Å². The van der Waals surface area contributed by atoms with Crippen molar-refractivity contribution in [1.82, 2.24) is 5.32 Å². The molecule has 0 spiro atoms. The number of methoxy groups -OCH3 is 1. The maximum Gasteiger partial charge on any atom is 0.251 e. The molecule has 0 bridgehead atoms. The third-order valence-electron chi connectivity index (χ3n) is 3.43. The Morgan fingerprint density at radius 1 is 1.33 bits per heavy atom. The van der Waals surface area contributed by atoms with Gasteiger partial charge < -0.3 is 20.1 Å². The topological polar surface area (TPSA) is 59.6 Å². The summed E-state index contributed by atoms with van der Waals surface area (Å²) in [5, 5.41) is 6.07. The number of ether oxygens (including phenoxy) is 2. The smallest absolute Gasteiger partial charge is 0.251 e. The van der Waals surface area contributed by atoms with Crippen molar-refractivity contribution in [3.63, 3.8) is 0 Å². The zero-order chi connectivity index (χ0) is 15.1. The van der Waals surface area contributed by atoms with Crippen molar-refractivity contribution in [2.75, 3.05) is 38.7 Å². The van der Waals surface area contributed by atoms with Crippen molar-refractivity contribution in [2.45, 2.75) is 13.5 Å². The molecule has 1 aliphatic rings. The normalized spacial score (nSPS) is 13.7. The number of benzene rings is 1. The first kappa shape index (κ1) is 15.7. The molecule has 0 saturated carbocycles. The lowest BCUT2D eigenvalue weighted by atomic mass is 10.0. The van der Waals surface area contributed by atoms with Gasteiger partial charge in [-0.2, -0.15) is 0 Å². The van der Waals surface area contributed by atoms with Gasteiger partial charge in [0.1, 0.15) is 0 Å². The Bertz CT molecular complexity index is 520. The summed E-state index contributed by atoms with van der Waals surface area (Å²) in [6.07, 6.45) is 0. The van der Waals surface area contributed by atoms with Crippen LogP contribution in [0.5, 0.6) is 0 Å². The second kappa shape index (κ2) is 7.93. The van der Waals surface area contributed by atoms with E-state index >= 15 is 0 Å². The van der Waals surface area contributed by atoms with Gasteiger partial charge in [-0.05, 0) is 30.2 Å². The first-order chi connectivity index (χ1) is 10.2. The number of anilines is 1. The third kappa shape index (κ3) is 4.67. The van der Waals surface area contributed by atoms with Crippen molar-refractivity contribution in [1.29, 1.82) is 0 Å². The summed E-state index contributed by atoms with van der Waals surface area (Å²) in [5.74, 6) is -0.0380. The summed E-state index contributed by atoms with van der Waals surface area (Å²) in [4.78, 5) is 12.1. The standard InChI is InChI=1S/C16H22N2O3/c1-12(14-9-17-10-14)16(19)18-15-5-3-4-13(8-15)11-21-7-6-20-2/h3-5,8,17H,6-7,9-11H2,1-2H3,(H,18,19). The van der Waals surface area contributed by atoms with E-state index in [1.165, 1.54) is 5.57 Å². The van der Waals surface area contributed by atoms with E-state index in [0.717, 1.165) is 29.9 Å². The molecule has 2 rings (SSSR count). The van der Waals surface area contributed by atoms with E-state index in [0.29, 0.717) is 19.8 Å². The highest BCUT2D eigenvalue weighted by Gasteiger charge is 2.16. The van der Waals surface area contributed by atoms with Gasteiger partial charge >= 0.3 is 0 Å². The zero-order valence-electron chi connectivity index (χ0n) is 12.6. The molecule has 0 atom stereocenters. The monoisotopic (exact) mass is 290 g/mol. The van der Waals surface area contributed by atoms with Crippen LogP contribution in [-0.2, 0) is 20.9 Å². The van der Waals surface area contributed by atoms with Gasteiger partial charge in [0.15, 0.2) is 0 Å². The largest absolute Gasteiger partial charge is 0.382 e. The van der Waals surface area contributed by atoms with Crippen molar-refractivity contribution < 1.29 is 14.3 Å². The van der Waals surface area contributed by atoms with Crippen LogP contribution in [0.25, 0.3) is 0 Å². The van der Waals surface area contributed by atoms with Gasteiger partial charge in [-0.25, -0.2) is 0 Å². The molecule has 2 N–H and O–H groups in total. The van der Waals surface area contributed by atoms with Gasteiger partial charge in [-0.1, -0.05) is 12.1 Å². The van der Waals surface area contributed by atoms with E-state index in [1.54, 1.807) is 7.11 Å². The maximum absolute atomic E-state index is 12.1. The van der Waals surface area contributed by atoms with Gasteiger partial charge in [0.25, 0.3) is 5.91 Å². The molecular weight excluding hydrogens is 268 g/mol. The lowest BCUT2D eigenvalue weighted by molar-refractivity contribution is -0.112. The van der Waals surface area contributed by atoms with Crippen LogP contribution in [-0.4, -0.2) is 39.3 Å². The fraction of sp³-hybridized carbons (Fsp3) is 0.438. The number of rotatable bonds is 7. The van der Waals surface area contributed by atoms with Gasteiger partial charge in [-0.3, -0.25) is 4.79 Å². The average Bonchev–Trinajstić information content (AvgIpc) is 2.42. The second-order valence-electron chi connectivity index (χ2n) is 5.03. The first-order valence-corrected chi connectivity index (χ1v) is 7.07. The summed E-state index contributed by atoms with van der Waals surface area (Å²) in [7, 11) is 1.65. The minimum absolute atomic E-state index is 0.0380. The number of amides is 1. The molecular formula is C16H22N2O3. The van der Waals surface area contributed by atoms with Crippen molar-refractivity contribution in [2.24, 2.45) is 0 Å². The maximum atomic E-state index is 12.1.